The van der Waals surface area contributed by atoms with Gasteiger partial charge in [-0.2, -0.15) is 13.2 Å². The van der Waals surface area contributed by atoms with Crippen molar-refractivity contribution in [3.63, 3.8) is 0 Å². The number of amides is 1. The number of sulfonamides is 1. The minimum atomic E-state index is -4.94. The number of hydrogen-bond acceptors (Lipinski definition) is 4. The molecule has 32 heavy (non-hydrogen) atoms. The van der Waals surface area contributed by atoms with Crippen LogP contribution in [0.5, 0.6) is 5.75 Å². The second kappa shape index (κ2) is 8.79. The third-order valence-corrected chi connectivity index (χ3v) is 6.83. The van der Waals surface area contributed by atoms with Gasteiger partial charge in [0.15, 0.2) is 11.4 Å². The van der Waals surface area contributed by atoms with E-state index in [2.05, 4.69) is 10.0 Å². The normalized spacial score (nSPS) is 21.9. The molecule has 0 unspecified atom stereocenters. The van der Waals surface area contributed by atoms with Crippen molar-refractivity contribution in [2.75, 3.05) is 25.0 Å². The lowest BCUT2D eigenvalue weighted by atomic mass is 10.1. The van der Waals surface area contributed by atoms with Crippen molar-refractivity contribution in [3.05, 3.63) is 41.5 Å². The van der Waals surface area contributed by atoms with E-state index in [4.69, 9.17) is 4.74 Å². The summed E-state index contributed by atoms with van der Waals surface area (Å²) < 4.78 is 87.6. The van der Waals surface area contributed by atoms with Crippen LogP contribution < -0.4 is 44.1 Å². The van der Waals surface area contributed by atoms with Gasteiger partial charge in [0.25, 0.3) is 5.91 Å². The summed E-state index contributed by atoms with van der Waals surface area (Å²) in [6.45, 7) is 1.37. The van der Waals surface area contributed by atoms with E-state index in [0.717, 1.165) is 6.07 Å². The highest BCUT2D eigenvalue weighted by Gasteiger charge is 2.40. The van der Waals surface area contributed by atoms with Crippen molar-refractivity contribution >= 4 is 21.6 Å². The first kappa shape index (κ1) is 24.7. The summed E-state index contributed by atoms with van der Waals surface area (Å²) >= 11 is 0. The summed E-state index contributed by atoms with van der Waals surface area (Å²) in [6.07, 6.45) is -3.74. The van der Waals surface area contributed by atoms with E-state index in [0.29, 0.717) is 25.2 Å². The van der Waals surface area contributed by atoms with Gasteiger partial charge in [0.2, 0.25) is 10.0 Å². The lowest BCUT2D eigenvalue weighted by Crippen LogP contribution is -3.00. The molecule has 2 aliphatic heterocycles. The third-order valence-electron chi connectivity index (χ3n) is 5.34. The zero-order valence-corrected chi connectivity index (χ0v) is 19.5. The van der Waals surface area contributed by atoms with Crippen LogP contribution in [0.15, 0.2) is 29.3 Å². The van der Waals surface area contributed by atoms with E-state index in [1.807, 2.05) is 5.32 Å². The van der Waals surface area contributed by atoms with Crippen LogP contribution in [-0.2, 0) is 23.2 Å². The number of aryl methyl sites for hydroxylation is 1. The van der Waals surface area contributed by atoms with Crippen LogP contribution in [0.2, 0.25) is 0 Å². The van der Waals surface area contributed by atoms with Crippen LogP contribution in [0.3, 0.4) is 0 Å². The Balaban J connectivity index is 0.00000289. The van der Waals surface area contributed by atoms with Gasteiger partial charge in [-0.1, -0.05) is 0 Å². The summed E-state index contributed by atoms with van der Waals surface area (Å²) in [4.78, 5) is 12.6. The van der Waals surface area contributed by atoms with Crippen LogP contribution in [-0.4, -0.2) is 44.6 Å². The average Bonchev–Trinajstić information content (AvgIpc) is 3.23. The van der Waals surface area contributed by atoms with Crippen molar-refractivity contribution in [2.24, 2.45) is 13.0 Å². The average molecular weight is 590 g/mol. The highest BCUT2D eigenvalue weighted by Crippen LogP contribution is 2.35. The van der Waals surface area contributed by atoms with Gasteiger partial charge in [0, 0.05) is 18.9 Å². The number of aromatic nitrogens is 1. The minimum absolute atomic E-state index is 0. The van der Waals surface area contributed by atoms with E-state index >= 15 is 0 Å². The lowest BCUT2D eigenvalue weighted by Gasteiger charge is -2.22. The maximum absolute atomic E-state index is 13.5. The van der Waals surface area contributed by atoms with Crippen molar-refractivity contribution in [1.29, 1.82) is 0 Å². The van der Waals surface area contributed by atoms with Gasteiger partial charge in [-0.25, -0.2) is 17.5 Å². The molecule has 0 radical (unpaired) electrons. The molecule has 1 saturated heterocycles. The Labute approximate surface area is 197 Å². The minimum Gasteiger partial charge on any atom is -1.00 e. The fraction of sp³-hybridized carbons (Fsp3) is 0.389. The first-order valence-corrected chi connectivity index (χ1v) is 10.8. The Bertz CT molecular complexity index is 1150. The Morgan fingerprint density at radius 3 is 2.72 bits per heavy atom. The summed E-state index contributed by atoms with van der Waals surface area (Å²) in [7, 11) is -2.57. The van der Waals surface area contributed by atoms with Crippen LogP contribution in [0.1, 0.15) is 16.1 Å². The maximum atomic E-state index is 13.5. The third kappa shape index (κ3) is 4.58. The first-order chi connectivity index (χ1) is 14.5. The number of benzene rings is 1. The number of fused-ring (bicyclic) bond motifs is 2. The van der Waals surface area contributed by atoms with Gasteiger partial charge in [-0.3, -0.25) is 4.79 Å². The lowest BCUT2D eigenvalue weighted by molar-refractivity contribution is -0.638. The van der Waals surface area contributed by atoms with Gasteiger partial charge in [-0.15, -0.1) is 0 Å². The highest BCUT2D eigenvalue weighted by molar-refractivity contribution is 7.89. The number of nitrogens with two attached hydrogens (primary N) is 1. The number of nitrogens with one attached hydrogen (secondary N) is 2. The quantitative estimate of drug-likeness (QED) is 0.270. The van der Waals surface area contributed by atoms with Crippen molar-refractivity contribution in [1.82, 2.24) is 9.29 Å². The fourth-order valence-electron chi connectivity index (χ4n) is 3.81. The number of carbonyl (C=O) groups is 1. The molecular weight excluding hydrogens is 571 g/mol. The van der Waals surface area contributed by atoms with Gasteiger partial charge in [-0.05, 0) is 18.2 Å². The molecule has 14 heteroatoms. The number of nitrogens with zero attached hydrogens (tertiary/aromatic N) is 1. The molecule has 3 heterocycles. The highest BCUT2D eigenvalue weighted by atomic mass is 127. The van der Waals surface area contributed by atoms with Crippen molar-refractivity contribution < 1.29 is 64.8 Å². The molecule has 1 aromatic heterocycles. The molecule has 0 bridgehead atoms. The van der Waals surface area contributed by atoms with Crippen LogP contribution in [0.4, 0.5) is 23.2 Å². The Kier molecular flexibility index (Phi) is 6.80. The molecule has 1 aromatic carbocycles. The second-order valence-corrected chi connectivity index (χ2v) is 9.17. The summed E-state index contributed by atoms with van der Waals surface area (Å²) in [5, 5.41) is 4.21. The molecule has 1 fully saturated rings. The number of anilines is 1. The number of rotatable bonds is 2. The molecule has 176 valence electrons. The zero-order chi connectivity index (χ0) is 22.6. The fourth-order valence-corrected chi connectivity index (χ4v) is 5.32. The van der Waals surface area contributed by atoms with E-state index in [-0.39, 0.29) is 64.6 Å². The summed E-state index contributed by atoms with van der Waals surface area (Å²) in [6, 6.07) is 1.73. The Morgan fingerprint density at radius 1 is 1.31 bits per heavy atom. The molecule has 2 aromatic rings. The standard InChI is InChI=1S/C18H18F4N4O4S.HI/c1-26-7-14-16(30-8-9-5-23-6-13(9)25-31(14,28)29)15(26)17(27)24-10-2-3-12(19)11(4-10)18(20,21)22;/h2-4,7,9,13,23,25H,5-6,8H2,1H3,(H,24,27);1H/t9-,13-;/m0./s1. The maximum Gasteiger partial charge on any atom is 0.419 e. The predicted molar refractivity (Wildman–Crippen MR) is 99.5 cm³/mol. The topological polar surface area (TPSA) is 106 Å². The monoisotopic (exact) mass is 590 g/mol. The van der Waals surface area contributed by atoms with Gasteiger partial charge < -0.3 is 43.9 Å². The molecule has 8 nitrogen and oxygen atoms in total. The molecule has 2 atom stereocenters. The van der Waals surface area contributed by atoms with E-state index < -0.39 is 33.5 Å². The SMILES string of the molecule is Cn1cc2c(c1C(=O)Nc1ccc(F)c(C(F)(F)F)c1)OC[C@@H]1C[NH2+]C[C@@H]1NS2(=O)=O.[I-]. The van der Waals surface area contributed by atoms with E-state index in [9.17, 15) is 30.8 Å². The zero-order valence-electron chi connectivity index (χ0n) is 16.5. The molecule has 1 amide bonds. The van der Waals surface area contributed by atoms with Crippen LogP contribution >= 0.6 is 0 Å². The number of halogens is 5. The Morgan fingerprint density at radius 2 is 2.03 bits per heavy atom. The largest absolute Gasteiger partial charge is 1.00 e. The van der Waals surface area contributed by atoms with Gasteiger partial charge in [0.05, 0.1) is 37.2 Å². The Hall–Kier alpha value is -1.91. The van der Waals surface area contributed by atoms with Crippen molar-refractivity contribution in [2.45, 2.75) is 17.1 Å². The first-order valence-electron chi connectivity index (χ1n) is 9.31. The van der Waals surface area contributed by atoms with E-state index in [1.165, 1.54) is 17.8 Å². The van der Waals surface area contributed by atoms with E-state index in [1.54, 1.807) is 0 Å². The molecule has 0 aliphatic carbocycles. The molecule has 4 N–H and O–H groups in total. The van der Waals surface area contributed by atoms with Crippen molar-refractivity contribution in [3.8, 4) is 5.75 Å². The number of quaternary nitrogens is 1. The molecule has 2 aliphatic rings. The smallest absolute Gasteiger partial charge is 0.419 e. The summed E-state index contributed by atoms with van der Waals surface area (Å²) in [5.41, 5.74) is -2.01. The predicted octanol–water partition coefficient (Wildman–Crippen LogP) is -2.33. The van der Waals surface area contributed by atoms with Gasteiger partial charge in [0.1, 0.15) is 10.7 Å². The molecule has 0 saturated carbocycles. The van der Waals surface area contributed by atoms with Crippen LogP contribution in [0.25, 0.3) is 0 Å². The number of alkyl halides is 3. The number of hydrogen-bond donors (Lipinski definition) is 3. The molecule has 4 rings (SSSR count). The summed E-state index contributed by atoms with van der Waals surface area (Å²) in [5.74, 6) is -2.66. The number of ether oxygens (including phenoxy) is 1. The molecule has 0 spiro atoms. The van der Waals surface area contributed by atoms with Crippen LogP contribution in [0, 0.1) is 11.7 Å². The molecular formula is C18H19F4IN4O4S. The second-order valence-electron chi connectivity index (χ2n) is 7.49. The number of carbonyl (C=O) groups excluding carboxylic acids is 1. The van der Waals surface area contributed by atoms with Gasteiger partial charge >= 0.3 is 6.18 Å².